The van der Waals surface area contributed by atoms with Crippen LogP contribution in [0.3, 0.4) is 0 Å². The van der Waals surface area contributed by atoms with E-state index < -0.39 is 17.1 Å². The van der Waals surface area contributed by atoms with Crippen LogP contribution < -0.4 is 20.7 Å². The average Bonchev–Trinajstić information content (AvgIpc) is 3.67. The maximum absolute atomic E-state index is 13.7. The van der Waals surface area contributed by atoms with Crippen LogP contribution in [0.5, 0.6) is 5.75 Å². The van der Waals surface area contributed by atoms with Crippen molar-refractivity contribution in [3.05, 3.63) is 174 Å². The number of anilines is 2. The quantitative estimate of drug-likeness (QED) is 0.0553. The molecule has 0 spiro atoms. The molecule has 0 fully saturated rings. The normalized spacial score (nSPS) is 11.7. The fourth-order valence-electron chi connectivity index (χ4n) is 5.30. The molecule has 5 aromatic carbocycles. The Balaban J connectivity index is 1.16. The van der Waals surface area contributed by atoms with Gasteiger partial charge < -0.3 is 25.1 Å². The summed E-state index contributed by atoms with van der Waals surface area (Å²) in [5.74, 6) is 0.653. The van der Waals surface area contributed by atoms with Crippen LogP contribution in [-0.2, 0) is 9.59 Å². The molecule has 0 aliphatic rings. The van der Waals surface area contributed by atoms with E-state index in [9.17, 15) is 14.4 Å². The third-order valence-electron chi connectivity index (χ3n) is 8.10. The van der Waals surface area contributed by atoms with Gasteiger partial charge in [0.05, 0.1) is 6.61 Å². The number of hydrogen-bond acceptors (Lipinski definition) is 6. The molecule has 53 heavy (non-hydrogen) atoms. The Morgan fingerprint density at radius 1 is 0.717 bits per heavy atom. The van der Waals surface area contributed by atoms with Crippen LogP contribution in [0, 0.1) is 0 Å². The smallest absolute Gasteiger partial charge is 0.272 e. The highest BCUT2D eigenvalue weighted by Crippen LogP contribution is 2.37. The van der Waals surface area contributed by atoms with Gasteiger partial charge in [0.1, 0.15) is 28.2 Å². The van der Waals surface area contributed by atoms with Crippen LogP contribution >= 0.6 is 11.8 Å². The fourth-order valence-corrected chi connectivity index (χ4v) is 6.33. The molecule has 0 bridgehead atoms. The SMILES string of the molecule is CCCCOc1ccc(NC(=O)C(Sc2ccc(NC(=O)C(=Cc3ccc(-c4ccccc4)o3)NC(=O)c3ccccc3)cc2)c2ccccc2)cc1. The monoisotopic (exact) mass is 721 g/mol. The Morgan fingerprint density at radius 3 is 2.02 bits per heavy atom. The summed E-state index contributed by atoms with van der Waals surface area (Å²) in [4.78, 5) is 41.3. The molecule has 3 N–H and O–H groups in total. The van der Waals surface area contributed by atoms with Crippen molar-refractivity contribution < 1.29 is 23.5 Å². The summed E-state index contributed by atoms with van der Waals surface area (Å²) < 4.78 is 11.8. The molecule has 6 rings (SSSR count). The maximum atomic E-state index is 13.7. The highest BCUT2D eigenvalue weighted by atomic mass is 32.2. The molecular weight excluding hydrogens is 683 g/mol. The third-order valence-corrected chi connectivity index (χ3v) is 9.36. The van der Waals surface area contributed by atoms with E-state index in [1.54, 1.807) is 42.5 Å². The second-order valence-electron chi connectivity index (χ2n) is 12.0. The molecule has 0 saturated heterocycles. The second kappa shape index (κ2) is 18.3. The first-order valence-corrected chi connectivity index (χ1v) is 18.2. The fraction of sp³-hybridized carbons (Fsp3) is 0.114. The summed E-state index contributed by atoms with van der Waals surface area (Å²) in [5, 5.41) is 8.13. The summed E-state index contributed by atoms with van der Waals surface area (Å²) in [6.45, 7) is 2.77. The standard InChI is InChI=1S/C44H39N3O5S/c1-2-3-29-51-36-23-19-34(20-24-36)46-44(50)41(32-15-9-5-10-16-32)53-38-26-21-35(22-27-38)45-43(49)39(47-42(48)33-17-11-6-12-18-33)30-37-25-28-40(52-37)31-13-7-4-8-14-31/h4-28,30,41H,2-3,29H2,1H3,(H,45,49)(H,46,50)(H,47,48). The first kappa shape index (κ1) is 36.5. The van der Waals surface area contributed by atoms with Gasteiger partial charge in [0.2, 0.25) is 5.91 Å². The van der Waals surface area contributed by atoms with Crippen molar-refractivity contribution in [2.24, 2.45) is 0 Å². The number of carbonyl (C=O) groups excluding carboxylic acids is 3. The number of amides is 3. The van der Waals surface area contributed by atoms with Crippen LogP contribution in [0.1, 0.15) is 46.7 Å². The van der Waals surface area contributed by atoms with Gasteiger partial charge in [-0.1, -0.05) is 92.2 Å². The number of hydrogen-bond donors (Lipinski definition) is 3. The lowest BCUT2D eigenvalue weighted by atomic mass is 10.1. The molecule has 1 heterocycles. The van der Waals surface area contributed by atoms with Gasteiger partial charge in [-0.25, -0.2) is 0 Å². The first-order valence-electron chi connectivity index (χ1n) is 17.4. The predicted molar refractivity (Wildman–Crippen MR) is 212 cm³/mol. The van der Waals surface area contributed by atoms with Gasteiger partial charge in [-0.3, -0.25) is 14.4 Å². The van der Waals surface area contributed by atoms with E-state index in [4.69, 9.17) is 9.15 Å². The minimum Gasteiger partial charge on any atom is -0.494 e. The Labute approximate surface area is 313 Å². The highest BCUT2D eigenvalue weighted by molar-refractivity contribution is 8.00. The molecule has 1 aromatic heterocycles. The van der Waals surface area contributed by atoms with Crippen molar-refractivity contribution in [1.29, 1.82) is 0 Å². The first-order chi connectivity index (χ1) is 25.9. The van der Waals surface area contributed by atoms with E-state index in [0.29, 0.717) is 35.1 Å². The molecule has 8 nitrogen and oxygen atoms in total. The topological polar surface area (TPSA) is 110 Å². The van der Waals surface area contributed by atoms with E-state index in [1.165, 1.54) is 17.8 Å². The van der Waals surface area contributed by atoms with Gasteiger partial charge in [-0.15, -0.1) is 11.8 Å². The van der Waals surface area contributed by atoms with E-state index in [1.807, 2.05) is 109 Å². The minimum absolute atomic E-state index is 0.00707. The summed E-state index contributed by atoms with van der Waals surface area (Å²) in [6, 6.07) is 46.0. The molecule has 1 atom stereocenters. The van der Waals surface area contributed by atoms with Gasteiger partial charge in [0, 0.05) is 33.5 Å². The Morgan fingerprint density at radius 2 is 1.34 bits per heavy atom. The Bertz CT molecular complexity index is 2130. The molecule has 266 valence electrons. The lowest BCUT2D eigenvalue weighted by Gasteiger charge is -2.18. The van der Waals surface area contributed by atoms with Gasteiger partial charge >= 0.3 is 0 Å². The number of furan rings is 1. The summed E-state index contributed by atoms with van der Waals surface area (Å²) in [5.41, 5.74) is 3.33. The minimum atomic E-state index is -0.547. The molecule has 0 radical (unpaired) electrons. The molecule has 6 aromatic rings. The number of unbranched alkanes of at least 4 members (excludes halogenated alkanes) is 1. The number of ether oxygens (including phenoxy) is 1. The van der Waals surface area contributed by atoms with Crippen molar-refractivity contribution in [2.75, 3.05) is 17.2 Å². The maximum Gasteiger partial charge on any atom is 0.272 e. The largest absolute Gasteiger partial charge is 0.494 e. The Kier molecular flexibility index (Phi) is 12.6. The van der Waals surface area contributed by atoms with Gasteiger partial charge in [0.25, 0.3) is 11.8 Å². The van der Waals surface area contributed by atoms with Crippen molar-refractivity contribution >= 4 is 46.9 Å². The number of benzene rings is 5. The van der Waals surface area contributed by atoms with E-state index in [0.717, 1.165) is 34.6 Å². The molecule has 9 heteroatoms. The number of thioether (sulfide) groups is 1. The van der Waals surface area contributed by atoms with Crippen LogP contribution in [0.25, 0.3) is 17.4 Å². The third kappa shape index (κ3) is 10.4. The zero-order valence-corrected chi connectivity index (χ0v) is 30.0. The summed E-state index contributed by atoms with van der Waals surface area (Å²) >= 11 is 1.40. The van der Waals surface area contributed by atoms with E-state index in [2.05, 4.69) is 22.9 Å². The van der Waals surface area contributed by atoms with Crippen LogP contribution in [-0.4, -0.2) is 24.3 Å². The Hall–Kier alpha value is -6.32. The molecular formula is C44H39N3O5S. The van der Waals surface area contributed by atoms with Crippen LogP contribution in [0.4, 0.5) is 11.4 Å². The molecule has 1 unspecified atom stereocenters. The molecule has 3 amide bonds. The van der Waals surface area contributed by atoms with Crippen LogP contribution in [0.2, 0.25) is 0 Å². The number of rotatable bonds is 15. The zero-order chi connectivity index (χ0) is 36.8. The number of nitrogens with one attached hydrogen (secondary N) is 3. The summed E-state index contributed by atoms with van der Waals surface area (Å²) in [6.07, 6.45) is 3.54. The van der Waals surface area contributed by atoms with Gasteiger partial charge in [0.15, 0.2) is 0 Å². The van der Waals surface area contributed by atoms with E-state index >= 15 is 0 Å². The lowest BCUT2D eigenvalue weighted by Crippen LogP contribution is -2.30. The second-order valence-corrected chi connectivity index (χ2v) is 13.2. The van der Waals surface area contributed by atoms with Gasteiger partial charge in [-0.2, -0.15) is 0 Å². The van der Waals surface area contributed by atoms with Crippen molar-refractivity contribution in [3.63, 3.8) is 0 Å². The van der Waals surface area contributed by atoms with Gasteiger partial charge in [-0.05, 0) is 84.8 Å². The lowest BCUT2D eigenvalue weighted by molar-refractivity contribution is -0.116. The van der Waals surface area contributed by atoms with Crippen molar-refractivity contribution in [3.8, 4) is 17.1 Å². The summed E-state index contributed by atoms with van der Waals surface area (Å²) in [7, 11) is 0. The molecule has 0 saturated carbocycles. The predicted octanol–water partition coefficient (Wildman–Crippen LogP) is 10.0. The highest BCUT2D eigenvalue weighted by Gasteiger charge is 2.23. The van der Waals surface area contributed by atoms with Crippen molar-refractivity contribution in [2.45, 2.75) is 29.9 Å². The zero-order valence-electron chi connectivity index (χ0n) is 29.2. The molecule has 0 aliphatic heterocycles. The van der Waals surface area contributed by atoms with Crippen LogP contribution in [0.15, 0.2) is 167 Å². The molecule has 0 aliphatic carbocycles. The average molecular weight is 722 g/mol. The van der Waals surface area contributed by atoms with Crippen molar-refractivity contribution in [1.82, 2.24) is 5.32 Å². The van der Waals surface area contributed by atoms with E-state index in [-0.39, 0.29) is 11.6 Å². The number of carbonyl (C=O) groups is 3.